The van der Waals surface area contributed by atoms with E-state index >= 15 is 0 Å². The molecule has 0 aromatic carbocycles. The zero-order valence-corrected chi connectivity index (χ0v) is 10.2. The van der Waals surface area contributed by atoms with Gasteiger partial charge in [0, 0.05) is 13.1 Å². The molecule has 92 valence electrons. The zero-order chi connectivity index (χ0) is 12.3. The lowest BCUT2D eigenvalue weighted by atomic mass is 10.1. The van der Waals surface area contributed by atoms with Crippen molar-refractivity contribution in [3.63, 3.8) is 0 Å². The molecule has 0 aromatic rings. The van der Waals surface area contributed by atoms with Gasteiger partial charge < -0.3 is 16.0 Å². The maximum absolute atomic E-state index is 11.6. The van der Waals surface area contributed by atoms with Gasteiger partial charge in [0.15, 0.2) is 0 Å². The molecule has 0 radical (unpaired) electrons. The first-order valence-corrected chi connectivity index (χ1v) is 5.72. The first kappa shape index (κ1) is 13.0. The fraction of sp³-hybridized carbons (Fsp3) is 0.818. The van der Waals surface area contributed by atoms with E-state index in [1.807, 2.05) is 13.8 Å². The third-order valence-corrected chi connectivity index (χ3v) is 2.92. The molecule has 0 aliphatic heterocycles. The molecule has 1 rings (SSSR count). The second kappa shape index (κ2) is 5.30. The Kier molecular flexibility index (Phi) is 4.29. The zero-order valence-electron chi connectivity index (χ0n) is 10.2. The van der Waals surface area contributed by atoms with Gasteiger partial charge >= 0.3 is 0 Å². The molecule has 16 heavy (non-hydrogen) atoms. The van der Waals surface area contributed by atoms with E-state index in [2.05, 4.69) is 5.32 Å². The molecule has 1 aliphatic carbocycles. The molecule has 1 fully saturated rings. The lowest BCUT2D eigenvalue weighted by Gasteiger charge is -2.18. The smallest absolute Gasteiger partial charge is 0.241 e. The Morgan fingerprint density at radius 1 is 1.44 bits per heavy atom. The SMILES string of the molecule is CC(C)[C@H](N)C(=O)NCC(=O)N(C)C1CC1. The van der Waals surface area contributed by atoms with E-state index in [0.717, 1.165) is 12.8 Å². The topological polar surface area (TPSA) is 75.4 Å². The molecule has 0 bridgehead atoms. The van der Waals surface area contributed by atoms with Gasteiger partial charge in [0.05, 0.1) is 12.6 Å². The summed E-state index contributed by atoms with van der Waals surface area (Å²) in [4.78, 5) is 24.8. The molecular weight excluding hydrogens is 206 g/mol. The van der Waals surface area contributed by atoms with E-state index in [-0.39, 0.29) is 24.3 Å². The number of carbonyl (C=O) groups excluding carboxylic acids is 2. The van der Waals surface area contributed by atoms with Crippen molar-refractivity contribution in [3.8, 4) is 0 Å². The van der Waals surface area contributed by atoms with Crippen molar-refractivity contribution < 1.29 is 9.59 Å². The second-order valence-corrected chi connectivity index (χ2v) is 4.72. The standard InChI is InChI=1S/C11H21N3O2/c1-7(2)10(12)11(16)13-6-9(15)14(3)8-4-5-8/h7-8,10H,4-6,12H2,1-3H3,(H,13,16)/t10-/m0/s1. The van der Waals surface area contributed by atoms with E-state index in [9.17, 15) is 9.59 Å². The Balaban J connectivity index is 2.28. The van der Waals surface area contributed by atoms with Crippen molar-refractivity contribution in [1.82, 2.24) is 10.2 Å². The van der Waals surface area contributed by atoms with Gasteiger partial charge in [-0.25, -0.2) is 0 Å². The van der Waals surface area contributed by atoms with Gasteiger partial charge in [-0.05, 0) is 18.8 Å². The number of likely N-dealkylation sites (N-methyl/N-ethyl adjacent to an activating group) is 1. The number of nitrogens with one attached hydrogen (secondary N) is 1. The molecule has 5 heteroatoms. The van der Waals surface area contributed by atoms with E-state index < -0.39 is 6.04 Å². The highest BCUT2D eigenvalue weighted by Gasteiger charge is 2.29. The van der Waals surface area contributed by atoms with E-state index in [1.165, 1.54) is 0 Å². The van der Waals surface area contributed by atoms with Crippen LogP contribution >= 0.6 is 0 Å². The molecule has 0 aromatic heterocycles. The van der Waals surface area contributed by atoms with Crippen LogP contribution in [0.25, 0.3) is 0 Å². The number of carbonyl (C=O) groups is 2. The summed E-state index contributed by atoms with van der Waals surface area (Å²) in [5.74, 6) is -0.226. The van der Waals surface area contributed by atoms with Gasteiger partial charge in [0.2, 0.25) is 11.8 Å². The van der Waals surface area contributed by atoms with E-state index in [4.69, 9.17) is 5.73 Å². The third-order valence-electron chi connectivity index (χ3n) is 2.92. The van der Waals surface area contributed by atoms with Crippen molar-refractivity contribution in [1.29, 1.82) is 0 Å². The Labute approximate surface area is 96.4 Å². The molecule has 3 N–H and O–H groups in total. The largest absolute Gasteiger partial charge is 0.346 e. The lowest BCUT2D eigenvalue weighted by molar-refractivity contribution is -0.132. The minimum absolute atomic E-state index is 0.0479. The quantitative estimate of drug-likeness (QED) is 0.677. The van der Waals surface area contributed by atoms with Crippen LogP contribution in [0.2, 0.25) is 0 Å². The van der Waals surface area contributed by atoms with Crippen molar-refractivity contribution in [3.05, 3.63) is 0 Å². The van der Waals surface area contributed by atoms with Crippen LogP contribution in [0, 0.1) is 5.92 Å². The van der Waals surface area contributed by atoms with Crippen LogP contribution in [0.15, 0.2) is 0 Å². The van der Waals surface area contributed by atoms with Crippen molar-refractivity contribution >= 4 is 11.8 Å². The predicted octanol–water partition coefficient (Wildman–Crippen LogP) is -0.293. The van der Waals surface area contributed by atoms with Gasteiger partial charge in [-0.15, -0.1) is 0 Å². The number of hydrogen-bond donors (Lipinski definition) is 2. The van der Waals surface area contributed by atoms with Crippen LogP contribution in [0.5, 0.6) is 0 Å². The molecule has 1 atom stereocenters. The van der Waals surface area contributed by atoms with Crippen molar-refractivity contribution in [2.45, 2.75) is 38.8 Å². The summed E-state index contributed by atoms with van der Waals surface area (Å²) >= 11 is 0. The summed E-state index contributed by atoms with van der Waals surface area (Å²) < 4.78 is 0. The Morgan fingerprint density at radius 3 is 2.44 bits per heavy atom. The molecule has 0 saturated heterocycles. The van der Waals surface area contributed by atoms with Crippen molar-refractivity contribution in [2.24, 2.45) is 11.7 Å². The fourth-order valence-electron chi connectivity index (χ4n) is 1.37. The molecule has 2 amide bonds. The number of nitrogens with two attached hydrogens (primary N) is 1. The molecule has 0 unspecified atom stereocenters. The van der Waals surface area contributed by atoms with Gasteiger partial charge in [-0.2, -0.15) is 0 Å². The van der Waals surface area contributed by atoms with Crippen LogP contribution in [-0.2, 0) is 9.59 Å². The Hall–Kier alpha value is -1.10. The van der Waals surface area contributed by atoms with Gasteiger partial charge in [0.25, 0.3) is 0 Å². The number of amides is 2. The Morgan fingerprint density at radius 2 is 2.00 bits per heavy atom. The second-order valence-electron chi connectivity index (χ2n) is 4.72. The monoisotopic (exact) mass is 227 g/mol. The minimum Gasteiger partial charge on any atom is -0.346 e. The molecule has 5 nitrogen and oxygen atoms in total. The highest BCUT2D eigenvalue weighted by molar-refractivity contribution is 5.87. The molecule has 1 aliphatic rings. The average Bonchev–Trinajstić information content (AvgIpc) is 3.06. The lowest BCUT2D eigenvalue weighted by Crippen LogP contribution is -2.47. The van der Waals surface area contributed by atoms with E-state index in [0.29, 0.717) is 6.04 Å². The molecular formula is C11H21N3O2. The summed E-state index contributed by atoms with van der Waals surface area (Å²) in [5.41, 5.74) is 5.66. The fourth-order valence-corrected chi connectivity index (χ4v) is 1.37. The predicted molar refractivity (Wildman–Crippen MR) is 61.6 cm³/mol. The number of nitrogens with zero attached hydrogens (tertiary/aromatic N) is 1. The average molecular weight is 227 g/mol. The maximum atomic E-state index is 11.6. The van der Waals surface area contributed by atoms with Crippen LogP contribution < -0.4 is 11.1 Å². The number of hydrogen-bond acceptors (Lipinski definition) is 3. The summed E-state index contributed by atoms with van der Waals surface area (Å²) in [6.07, 6.45) is 2.14. The first-order valence-electron chi connectivity index (χ1n) is 5.72. The first-order chi connectivity index (χ1) is 7.43. The Bertz CT molecular complexity index is 254. The van der Waals surface area contributed by atoms with Crippen LogP contribution in [0.3, 0.4) is 0 Å². The van der Waals surface area contributed by atoms with Gasteiger partial charge in [-0.3, -0.25) is 9.59 Å². The molecule has 0 spiro atoms. The van der Waals surface area contributed by atoms with Crippen LogP contribution in [-0.4, -0.2) is 42.4 Å². The summed E-state index contributed by atoms with van der Waals surface area (Å²) in [5, 5.41) is 2.57. The van der Waals surface area contributed by atoms with E-state index in [1.54, 1.807) is 11.9 Å². The highest BCUT2D eigenvalue weighted by Crippen LogP contribution is 2.24. The van der Waals surface area contributed by atoms with Crippen molar-refractivity contribution in [2.75, 3.05) is 13.6 Å². The minimum atomic E-state index is -0.543. The highest BCUT2D eigenvalue weighted by atomic mass is 16.2. The molecule has 0 heterocycles. The summed E-state index contributed by atoms with van der Waals surface area (Å²) in [6.45, 7) is 3.80. The number of rotatable bonds is 5. The van der Waals surface area contributed by atoms with Gasteiger partial charge in [0.1, 0.15) is 0 Å². The normalized spacial score (nSPS) is 17.1. The third kappa shape index (κ3) is 3.48. The van der Waals surface area contributed by atoms with Gasteiger partial charge in [-0.1, -0.05) is 13.8 Å². The summed E-state index contributed by atoms with van der Waals surface area (Å²) in [7, 11) is 1.77. The van der Waals surface area contributed by atoms with Crippen LogP contribution in [0.1, 0.15) is 26.7 Å². The maximum Gasteiger partial charge on any atom is 0.241 e. The van der Waals surface area contributed by atoms with Crippen LogP contribution in [0.4, 0.5) is 0 Å². The summed E-state index contributed by atoms with van der Waals surface area (Å²) in [6, 6.07) is -0.165. The molecule has 1 saturated carbocycles.